The van der Waals surface area contributed by atoms with Crippen LogP contribution in [0.25, 0.3) is 10.8 Å². The average molecular weight is 308 g/mol. The van der Waals surface area contributed by atoms with E-state index in [1.165, 1.54) is 29.2 Å². The quantitative estimate of drug-likeness (QED) is 0.923. The fourth-order valence-corrected chi connectivity index (χ4v) is 3.02. The minimum Gasteiger partial charge on any atom is -0.382 e. The maximum atomic E-state index is 12.1. The normalized spacial score (nSPS) is 20.2. The molecule has 1 aliphatic carbocycles. The number of hydrogen-bond acceptors (Lipinski definition) is 3. The highest BCUT2D eigenvalue weighted by atomic mass is 16.6. The van der Waals surface area contributed by atoms with Gasteiger partial charge in [0.25, 0.3) is 5.91 Å². The Hall–Kier alpha value is -2.36. The highest BCUT2D eigenvalue weighted by molar-refractivity contribution is 5.96. The zero-order valence-corrected chi connectivity index (χ0v) is 13.0. The number of fused-ring (bicyclic) bond motifs is 1. The van der Waals surface area contributed by atoms with Gasteiger partial charge in [-0.2, -0.15) is 0 Å². The highest BCUT2D eigenvalue weighted by Gasteiger charge is 2.30. The van der Waals surface area contributed by atoms with Crippen LogP contribution in [-0.2, 0) is 16.1 Å². The standard InChI is InChI=1S/C19H20N2O2/c22-19(20-12-13-8-9-13)18-11-16(21-23-18)10-15-6-3-5-14-4-1-2-7-17(14)15/h1-7,13,18H,8-12H2,(H,20,22). The first kappa shape index (κ1) is 14.2. The summed E-state index contributed by atoms with van der Waals surface area (Å²) in [5, 5.41) is 9.56. The van der Waals surface area contributed by atoms with E-state index in [1.807, 2.05) is 12.1 Å². The first-order valence-corrected chi connectivity index (χ1v) is 8.25. The molecule has 1 unspecified atom stereocenters. The van der Waals surface area contributed by atoms with Gasteiger partial charge in [0.2, 0.25) is 6.10 Å². The van der Waals surface area contributed by atoms with Crippen molar-refractivity contribution in [1.82, 2.24) is 5.32 Å². The van der Waals surface area contributed by atoms with Gasteiger partial charge in [-0.05, 0) is 35.1 Å². The minimum absolute atomic E-state index is 0.0337. The van der Waals surface area contributed by atoms with Crippen molar-refractivity contribution in [2.75, 3.05) is 6.54 Å². The van der Waals surface area contributed by atoms with Gasteiger partial charge in [-0.15, -0.1) is 0 Å². The van der Waals surface area contributed by atoms with Crippen LogP contribution in [0.15, 0.2) is 47.6 Å². The lowest BCUT2D eigenvalue weighted by Gasteiger charge is -2.09. The molecule has 0 saturated heterocycles. The topological polar surface area (TPSA) is 50.7 Å². The first-order valence-electron chi connectivity index (χ1n) is 8.25. The SMILES string of the molecule is O=C(NCC1CC1)C1CC(Cc2cccc3ccccc23)=NO1. The van der Waals surface area contributed by atoms with Gasteiger partial charge in [0, 0.05) is 19.4 Å². The highest BCUT2D eigenvalue weighted by Crippen LogP contribution is 2.28. The van der Waals surface area contributed by atoms with Crippen molar-refractivity contribution in [3.8, 4) is 0 Å². The molecule has 0 spiro atoms. The Balaban J connectivity index is 1.40. The summed E-state index contributed by atoms with van der Waals surface area (Å²) < 4.78 is 0. The second-order valence-corrected chi connectivity index (χ2v) is 6.46. The van der Waals surface area contributed by atoms with Crippen LogP contribution in [0, 0.1) is 5.92 Å². The number of oxime groups is 1. The van der Waals surface area contributed by atoms with Crippen LogP contribution < -0.4 is 5.32 Å². The van der Waals surface area contributed by atoms with Crippen molar-refractivity contribution in [3.05, 3.63) is 48.0 Å². The number of carbonyl (C=O) groups is 1. The Labute approximate surface area is 135 Å². The molecule has 23 heavy (non-hydrogen) atoms. The number of nitrogens with one attached hydrogen (secondary N) is 1. The summed E-state index contributed by atoms with van der Waals surface area (Å²) in [6, 6.07) is 14.6. The maximum Gasteiger partial charge on any atom is 0.264 e. The summed E-state index contributed by atoms with van der Waals surface area (Å²) in [7, 11) is 0. The van der Waals surface area contributed by atoms with E-state index in [0.29, 0.717) is 12.3 Å². The molecule has 118 valence electrons. The summed E-state index contributed by atoms with van der Waals surface area (Å²) in [5.74, 6) is 0.644. The zero-order valence-electron chi connectivity index (χ0n) is 13.0. The lowest BCUT2D eigenvalue weighted by atomic mass is 9.98. The molecule has 1 aliphatic heterocycles. The molecule has 4 nitrogen and oxygen atoms in total. The van der Waals surface area contributed by atoms with E-state index in [9.17, 15) is 4.79 Å². The van der Waals surface area contributed by atoms with Crippen molar-refractivity contribution in [2.24, 2.45) is 11.1 Å². The third-order valence-corrected chi connectivity index (χ3v) is 4.56. The molecule has 4 rings (SSSR count). The Morgan fingerprint density at radius 1 is 1.17 bits per heavy atom. The van der Waals surface area contributed by atoms with Crippen LogP contribution in [0.3, 0.4) is 0 Å². The fraction of sp³-hybridized carbons (Fsp3) is 0.368. The summed E-state index contributed by atoms with van der Waals surface area (Å²) in [6.07, 6.45) is 3.32. The van der Waals surface area contributed by atoms with Gasteiger partial charge in [0.05, 0.1) is 5.71 Å². The number of rotatable bonds is 5. The van der Waals surface area contributed by atoms with E-state index < -0.39 is 6.10 Å². The van der Waals surface area contributed by atoms with E-state index in [-0.39, 0.29) is 5.91 Å². The molecule has 0 radical (unpaired) electrons. The van der Waals surface area contributed by atoms with Gasteiger partial charge in [0.1, 0.15) is 0 Å². The monoisotopic (exact) mass is 308 g/mol. The molecule has 4 heteroatoms. The molecule has 2 aliphatic rings. The smallest absolute Gasteiger partial charge is 0.264 e. The Morgan fingerprint density at radius 2 is 2.00 bits per heavy atom. The van der Waals surface area contributed by atoms with Crippen LogP contribution in [0.5, 0.6) is 0 Å². The molecule has 1 saturated carbocycles. The zero-order chi connectivity index (χ0) is 15.6. The van der Waals surface area contributed by atoms with Crippen molar-refractivity contribution in [3.63, 3.8) is 0 Å². The second kappa shape index (κ2) is 6.03. The summed E-state index contributed by atoms with van der Waals surface area (Å²) in [6.45, 7) is 0.775. The van der Waals surface area contributed by atoms with E-state index >= 15 is 0 Å². The average Bonchev–Trinajstić information content (AvgIpc) is 3.30. The predicted octanol–water partition coefficient (Wildman–Crippen LogP) is 3.05. The van der Waals surface area contributed by atoms with Gasteiger partial charge in [-0.3, -0.25) is 4.79 Å². The van der Waals surface area contributed by atoms with Gasteiger partial charge in [-0.25, -0.2) is 0 Å². The number of benzene rings is 2. The molecular weight excluding hydrogens is 288 g/mol. The molecule has 0 aromatic heterocycles. The van der Waals surface area contributed by atoms with Gasteiger partial charge in [0.15, 0.2) is 0 Å². The number of nitrogens with zero attached hydrogens (tertiary/aromatic N) is 1. The fourth-order valence-electron chi connectivity index (χ4n) is 3.02. The molecule has 2 aromatic rings. The Bertz CT molecular complexity index is 760. The number of carbonyl (C=O) groups excluding carboxylic acids is 1. The van der Waals surface area contributed by atoms with Gasteiger partial charge < -0.3 is 10.2 Å². The molecule has 1 atom stereocenters. The van der Waals surface area contributed by atoms with E-state index in [0.717, 1.165) is 18.7 Å². The third-order valence-electron chi connectivity index (χ3n) is 4.56. The lowest BCUT2D eigenvalue weighted by molar-refractivity contribution is -0.131. The summed E-state index contributed by atoms with van der Waals surface area (Å²) >= 11 is 0. The third kappa shape index (κ3) is 3.21. The lowest BCUT2D eigenvalue weighted by Crippen LogP contribution is -2.36. The molecule has 2 aromatic carbocycles. The van der Waals surface area contributed by atoms with Crippen LogP contribution in [0.4, 0.5) is 0 Å². The molecule has 0 bridgehead atoms. The van der Waals surface area contributed by atoms with Crippen LogP contribution in [0.1, 0.15) is 24.8 Å². The second-order valence-electron chi connectivity index (χ2n) is 6.46. The summed E-state index contributed by atoms with van der Waals surface area (Å²) in [4.78, 5) is 17.4. The number of hydrogen-bond donors (Lipinski definition) is 1. The molecule has 1 N–H and O–H groups in total. The Kier molecular flexibility index (Phi) is 3.74. The minimum atomic E-state index is -0.460. The molecular formula is C19H20N2O2. The van der Waals surface area contributed by atoms with E-state index in [4.69, 9.17) is 4.84 Å². The first-order chi connectivity index (χ1) is 11.3. The van der Waals surface area contributed by atoms with E-state index in [2.05, 4.69) is 40.8 Å². The molecule has 1 heterocycles. The van der Waals surface area contributed by atoms with E-state index in [1.54, 1.807) is 0 Å². The number of amides is 1. The van der Waals surface area contributed by atoms with Crippen molar-refractivity contribution < 1.29 is 9.63 Å². The maximum absolute atomic E-state index is 12.1. The predicted molar refractivity (Wildman–Crippen MR) is 90.3 cm³/mol. The van der Waals surface area contributed by atoms with Crippen LogP contribution in [0.2, 0.25) is 0 Å². The summed E-state index contributed by atoms with van der Waals surface area (Å²) in [5.41, 5.74) is 2.16. The molecule has 1 amide bonds. The van der Waals surface area contributed by atoms with Crippen molar-refractivity contribution in [1.29, 1.82) is 0 Å². The Morgan fingerprint density at radius 3 is 2.87 bits per heavy atom. The van der Waals surface area contributed by atoms with Crippen LogP contribution >= 0.6 is 0 Å². The van der Waals surface area contributed by atoms with Crippen LogP contribution in [-0.4, -0.2) is 24.3 Å². The van der Waals surface area contributed by atoms with Gasteiger partial charge >= 0.3 is 0 Å². The molecule has 1 fully saturated rings. The van der Waals surface area contributed by atoms with Crippen molar-refractivity contribution in [2.45, 2.75) is 31.8 Å². The largest absolute Gasteiger partial charge is 0.382 e. The van der Waals surface area contributed by atoms with Gasteiger partial charge in [-0.1, -0.05) is 47.6 Å². The van der Waals surface area contributed by atoms with Crippen molar-refractivity contribution >= 4 is 22.4 Å².